The van der Waals surface area contributed by atoms with Crippen LogP contribution in [0.5, 0.6) is 11.5 Å². The predicted octanol–water partition coefficient (Wildman–Crippen LogP) is 6.07. The van der Waals surface area contributed by atoms with Gasteiger partial charge >= 0.3 is 11.9 Å². The van der Waals surface area contributed by atoms with Crippen LogP contribution < -0.4 is 14.4 Å². The Morgan fingerprint density at radius 3 is 2.42 bits per heavy atom. The number of benzene rings is 3. The number of nitrogens with zero attached hydrogens (tertiary/aromatic N) is 2. The summed E-state index contributed by atoms with van der Waals surface area (Å²) < 4.78 is 16.5. The van der Waals surface area contributed by atoms with Crippen molar-refractivity contribution in [2.45, 2.75) is 33.4 Å². The third-order valence-corrected chi connectivity index (χ3v) is 8.33. The van der Waals surface area contributed by atoms with Crippen LogP contribution in [0.2, 0.25) is 0 Å². The summed E-state index contributed by atoms with van der Waals surface area (Å²) in [5.74, 6) is -1.84. The number of ketones is 1. The fourth-order valence-corrected chi connectivity index (χ4v) is 5.97. The van der Waals surface area contributed by atoms with Gasteiger partial charge < -0.3 is 19.3 Å². The molecule has 0 spiro atoms. The van der Waals surface area contributed by atoms with Crippen molar-refractivity contribution in [3.8, 4) is 11.5 Å². The van der Waals surface area contributed by atoms with Gasteiger partial charge in [-0.05, 0) is 55.7 Å². The number of ether oxygens (including phenoxy) is 3. The molecule has 9 nitrogen and oxygen atoms in total. The molecule has 0 aliphatic carbocycles. The van der Waals surface area contributed by atoms with Crippen molar-refractivity contribution < 1.29 is 33.7 Å². The van der Waals surface area contributed by atoms with Crippen LogP contribution in [0, 0.1) is 20.8 Å². The van der Waals surface area contributed by atoms with E-state index in [2.05, 4.69) is 4.98 Å². The number of hydrogen-bond acceptors (Lipinski definition) is 9. The van der Waals surface area contributed by atoms with E-state index in [1.807, 2.05) is 56.3 Å². The Kier molecular flexibility index (Phi) is 8.31. The Labute approximate surface area is 253 Å². The van der Waals surface area contributed by atoms with Gasteiger partial charge in [0.05, 0.1) is 31.5 Å². The largest absolute Gasteiger partial charge is 0.507 e. The number of carbonyl (C=O) groups is 3. The molecule has 2 heterocycles. The van der Waals surface area contributed by atoms with Crippen molar-refractivity contribution in [2.24, 2.45) is 0 Å². The van der Waals surface area contributed by atoms with E-state index in [1.165, 1.54) is 19.1 Å². The van der Waals surface area contributed by atoms with Crippen LogP contribution in [0.15, 0.2) is 72.3 Å². The lowest BCUT2D eigenvalue weighted by atomic mass is 9.93. The number of aliphatic hydroxyl groups excluding tert-OH is 1. The molecular weight excluding hydrogens is 568 g/mol. The second kappa shape index (κ2) is 12.1. The van der Waals surface area contributed by atoms with Crippen LogP contribution in [-0.4, -0.2) is 42.0 Å². The molecule has 10 heteroatoms. The number of aryl methyl sites for hydroxylation is 3. The smallest absolute Gasteiger partial charge is 0.350 e. The van der Waals surface area contributed by atoms with Gasteiger partial charge in [-0.3, -0.25) is 14.5 Å². The molecule has 3 aromatic carbocycles. The number of anilines is 1. The molecule has 5 rings (SSSR count). The van der Waals surface area contributed by atoms with E-state index in [1.54, 1.807) is 31.2 Å². The van der Waals surface area contributed by atoms with Crippen LogP contribution in [0.3, 0.4) is 0 Å². The summed E-state index contributed by atoms with van der Waals surface area (Å²) in [5.41, 5.74) is 3.73. The van der Waals surface area contributed by atoms with Crippen molar-refractivity contribution in [2.75, 3.05) is 19.1 Å². The molecule has 0 radical (unpaired) electrons. The maximum Gasteiger partial charge on any atom is 0.350 e. The summed E-state index contributed by atoms with van der Waals surface area (Å²) in [7, 11) is 2.75. The van der Waals surface area contributed by atoms with E-state index in [-0.39, 0.29) is 21.3 Å². The molecule has 1 saturated heterocycles. The van der Waals surface area contributed by atoms with Gasteiger partial charge in [0.25, 0.3) is 5.78 Å². The molecule has 1 aliphatic rings. The number of carbonyl (C=O) groups excluding carboxylic acids is 3. The minimum absolute atomic E-state index is 0.105. The monoisotopic (exact) mass is 598 g/mol. The molecule has 0 bridgehead atoms. The highest BCUT2D eigenvalue weighted by Gasteiger charge is 2.48. The minimum atomic E-state index is -1.08. The van der Waals surface area contributed by atoms with E-state index in [0.717, 1.165) is 28.0 Å². The first-order valence-corrected chi connectivity index (χ1v) is 14.2. The molecule has 1 aromatic heterocycles. The van der Waals surface area contributed by atoms with Gasteiger partial charge in [0.1, 0.15) is 17.2 Å². The van der Waals surface area contributed by atoms with Gasteiger partial charge in [-0.2, -0.15) is 0 Å². The molecule has 1 atom stereocenters. The van der Waals surface area contributed by atoms with E-state index < -0.39 is 23.7 Å². The van der Waals surface area contributed by atoms with Crippen molar-refractivity contribution in [1.29, 1.82) is 0 Å². The lowest BCUT2D eigenvalue weighted by Crippen LogP contribution is -2.29. The summed E-state index contributed by atoms with van der Waals surface area (Å²) in [5, 5.41) is 11.7. The molecule has 43 heavy (non-hydrogen) atoms. The first kappa shape index (κ1) is 29.5. The van der Waals surface area contributed by atoms with Crippen LogP contribution in [0.1, 0.15) is 49.2 Å². The molecule has 0 saturated carbocycles. The number of Topliss-reactive ketones (excluding diaryl/α,β-unsaturated/α-hetero) is 1. The lowest BCUT2D eigenvalue weighted by molar-refractivity contribution is -0.132. The summed E-state index contributed by atoms with van der Waals surface area (Å²) in [6.07, 6.45) is 0. The van der Waals surface area contributed by atoms with Crippen LogP contribution in [-0.2, 0) is 20.9 Å². The second-order valence-electron chi connectivity index (χ2n) is 10.1. The fourth-order valence-electron chi connectivity index (χ4n) is 4.96. The number of hydrogen-bond donors (Lipinski definition) is 1. The summed E-state index contributed by atoms with van der Waals surface area (Å²) in [6.45, 7) is 5.61. The Balaban J connectivity index is 1.66. The SMILES string of the molecule is COC(=O)c1sc(N2C(=O)C(=O)/C(=C(/O)c3cc(C)ccc3C)C2c2ccc(OCc3ccccc3)c(OC)c2)nc1C. The van der Waals surface area contributed by atoms with Crippen LogP contribution >= 0.6 is 11.3 Å². The summed E-state index contributed by atoms with van der Waals surface area (Å²) >= 11 is 0.935. The molecule has 1 fully saturated rings. The predicted molar refractivity (Wildman–Crippen MR) is 163 cm³/mol. The molecule has 1 N–H and O–H groups in total. The lowest BCUT2D eigenvalue weighted by Gasteiger charge is -2.24. The number of aromatic nitrogens is 1. The highest BCUT2D eigenvalue weighted by Crippen LogP contribution is 2.46. The Hall–Kier alpha value is -4.96. The van der Waals surface area contributed by atoms with Crippen molar-refractivity contribution in [3.63, 3.8) is 0 Å². The zero-order valence-electron chi connectivity index (χ0n) is 24.3. The first-order valence-electron chi connectivity index (χ1n) is 13.4. The molecule has 1 aliphatic heterocycles. The van der Waals surface area contributed by atoms with Crippen LogP contribution in [0.4, 0.5) is 5.13 Å². The highest BCUT2D eigenvalue weighted by atomic mass is 32.1. The summed E-state index contributed by atoms with van der Waals surface area (Å²) in [6, 6.07) is 19.2. The van der Waals surface area contributed by atoms with E-state index in [4.69, 9.17) is 14.2 Å². The van der Waals surface area contributed by atoms with Gasteiger partial charge in [0, 0.05) is 5.56 Å². The molecule has 1 amide bonds. The molecule has 220 valence electrons. The average Bonchev–Trinajstić information content (AvgIpc) is 3.52. The van der Waals surface area contributed by atoms with Crippen molar-refractivity contribution >= 4 is 39.9 Å². The average molecular weight is 599 g/mol. The van der Waals surface area contributed by atoms with Gasteiger partial charge in [0.2, 0.25) is 0 Å². The molecule has 1 unspecified atom stereocenters. The molecule has 4 aromatic rings. The third-order valence-electron chi connectivity index (χ3n) is 7.20. The van der Waals surface area contributed by atoms with Crippen LogP contribution in [0.25, 0.3) is 5.76 Å². The minimum Gasteiger partial charge on any atom is -0.507 e. The third kappa shape index (κ3) is 5.61. The zero-order valence-corrected chi connectivity index (χ0v) is 25.2. The second-order valence-corrected chi connectivity index (χ2v) is 11.1. The standard InChI is InChI=1S/C33H30N2O7S/c1-18-11-12-19(2)23(15-18)28(36)26-27(35(31(38)29(26)37)33-34-20(3)30(43-33)32(39)41-5)22-13-14-24(25(16-22)40-4)42-17-21-9-7-6-8-10-21/h6-16,27,36H,17H2,1-5H3/b28-26+. The Bertz CT molecular complexity index is 1760. The Morgan fingerprint density at radius 1 is 0.977 bits per heavy atom. The number of aliphatic hydroxyl groups is 1. The first-order chi connectivity index (χ1) is 20.6. The van der Waals surface area contributed by atoms with Gasteiger partial charge in [0.15, 0.2) is 16.6 Å². The number of thiazole rings is 1. The van der Waals surface area contributed by atoms with Gasteiger partial charge in [-0.25, -0.2) is 9.78 Å². The number of esters is 1. The summed E-state index contributed by atoms with van der Waals surface area (Å²) in [4.78, 5) is 45.6. The maximum atomic E-state index is 13.7. The zero-order chi connectivity index (χ0) is 30.8. The van der Waals surface area contributed by atoms with E-state index in [0.29, 0.717) is 34.9 Å². The Morgan fingerprint density at radius 2 is 1.72 bits per heavy atom. The normalized spacial score (nSPS) is 15.9. The number of methoxy groups -OCH3 is 2. The maximum absolute atomic E-state index is 13.7. The van der Waals surface area contributed by atoms with Crippen molar-refractivity contribution in [1.82, 2.24) is 4.98 Å². The van der Waals surface area contributed by atoms with E-state index in [9.17, 15) is 19.5 Å². The number of rotatable bonds is 8. The highest BCUT2D eigenvalue weighted by molar-refractivity contribution is 7.17. The molecular formula is C33H30N2O7S. The van der Waals surface area contributed by atoms with Gasteiger partial charge in [-0.1, -0.05) is 65.4 Å². The van der Waals surface area contributed by atoms with Gasteiger partial charge in [-0.15, -0.1) is 0 Å². The quantitative estimate of drug-likeness (QED) is 0.113. The number of amides is 1. The van der Waals surface area contributed by atoms with E-state index >= 15 is 0 Å². The topological polar surface area (TPSA) is 115 Å². The fraction of sp³-hybridized carbons (Fsp3) is 0.212. The van der Waals surface area contributed by atoms with Crippen molar-refractivity contribution in [3.05, 3.63) is 111 Å².